The van der Waals surface area contributed by atoms with Gasteiger partial charge in [-0.15, -0.1) is 0 Å². The third kappa shape index (κ3) is 3.43. The van der Waals surface area contributed by atoms with Gasteiger partial charge in [-0.3, -0.25) is 0 Å². The summed E-state index contributed by atoms with van der Waals surface area (Å²) in [6, 6.07) is 1.15. The van der Waals surface area contributed by atoms with Gasteiger partial charge in [-0.05, 0) is 57.9 Å². The van der Waals surface area contributed by atoms with Crippen LogP contribution in [-0.2, 0) is 4.74 Å². The normalized spacial score (nSPS) is 37.9. The zero-order valence-corrected chi connectivity index (χ0v) is 11.4. The van der Waals surface area contributed by atoms with Crippen molar-refractivity contribution in [3.8, 4) is 0 Å². The maximum absolute atomic E-state index is 6.06. The van der Waals surface area contributed by atoms with Crippen molar-refractivity contribution >= 4 is 0 Å². The first-order chi connectivity index (χ1) is 8.20. The van der Waals surface area contributed by atoms with Crippen LogP contribution in [0.3, 0.4) is 0 Å². The number of nitrogens with zero attached hydrogens (tertiary/aromatic N) is 1. The van der Waals surface area contributed by atoms with Crippen LogP contribution in [0.15, 0.2) is 0 Å². The molecule has 17 heavy (non-hydrogen) atoms. The summed E-state index contributed by atoms with van der Waals surface area (Å²) in [6.07, 6.45) is 8.26. The monoisotopic (exact) mass is 240 g/mol. The van der Waals surface area contributed by atoms with Crippen LogP contribution in [0.4, 0.5) is 0 Å². The second kappa shape index (κ2) is 6.17. The zero-order chi connectivity index (χ0) is 12.3. The number of hydrogen-bond acceptors (Lipinski definition) is 3. The van der Waals surface area contributed by atoms with Crippen LogP contribution in [0.25, 0.3) is 0 Å². The van der Waals surface area contributed by atoms with Gasteiger partial charge in [-0.2, -0.15) is 0 Å². The molecule has 0 radical (unpaired) electrons. The lowest BCUT2D eigenvalue weighted by molar-refractivity contribution is 0.0247. The predicted molar refractivity (Wildman–Crippen MR) is 71.0 cm³/mol. The van der Waals surface area contributed by atoms with Gasteiger partial charge in [0.05, 0.1) is 6.10 Å². The summed E-state index contributed by atoms with van der Waals surface area (Å²) in [4.78, 5) is 2.70. The molecule has 1 heterocycles. The number of likely N-dealkylation sites (tertiary alicyclic amines) is 1. The molecule has 3 heteroatoms. The first kappa shape index (κ1) is 13.3. The molecular formula is C14H28N2O. The molecule has 1 saturated carbocycles. The molecule has 0 amide bonds. The van der Waals surface area contributed by atoms with E-state index in [-0.39, 0.29) is 0 Å². The van der Waals surface area contributed by atoms with Crippen LogP contribution < -0.4 is 5.73 Å². The summed E-state index contributed by atoms with van der Waals surface area (Å²) >= 11 is 0. The molecule has 1 aliphatic carbocycles. The van der Waals surface area contributed by atoms with E-state index >= 15 is 0 Å². The Labute approximate surface area is 106 Å². The highest BCUT2D eigenvalue weighted by atomic mass is 16.5. The molecule has 0 bridgehead atoms. The molecule has 1 aliphatic heterocycles. The molecule has 2 N–H and O–H groups in total. The molecular weight excluding hydrogens is 212 g/mol. The van der Waals surface area contributed by atoms with Crippen LogP contribution in [0.5, 0.6) is 0 Å². The summed E-state index contributed by atoms with van der Waals surface area (Å²) in [5.41, 5.74) is 6.06. The van der Waals surface area contributed by atoms with Crippen molar-refractivity contribution in [3.05, 3.63) is 0 Å². The Bertz CT molecular complexity index is 224. The molecule has 2 rings (SSSR count). The number of ether oxygens (including phenoxy) is 1. The molecule has 2 fully saturated rings. The summed E-state index contributed by atoms with van der Waals surface area (Å²) in [5.74, 6) is 0.712. The van der Waals surface area contributed by atoms with E-state index in [9.17, 15) is 0 Å². The Morgan fingerprint density at radius 2 is 1.88 bits per heavy atom. The van der Waals surface area contributed by atoms with Gasteiger partial charge in [0.1, 0.15) is 0 Å². The van der Waals surface area contributed by atoms with Gasteiger partial charge in [0.2, 0.25) is 0 Å². The fraction of sp³-hybridized carbons (Fsp3) is 1.00. The van der Waals surface area contributed by atoms with Gasteiger partial charge in [0.25, 0.3) is 0 Å². The maximum atomic E-state index is 6.06. The molecule has 2 aliphatic rings. The van der Waals surface area contributed by atoms with Crippen LogP contribution in [0.1, 0.15) is 45.4 Å². The van der Waals surface area contributed by atoms with E-state index in [0.29, 0.717) is 18.1 Å². The van der Waals surface area contributed by atoms with E-state index in [0.717, 1.165) is 6.04 Å². The number of rotatable bonds is 3. The van der Waals surface area contributed by atoms with Gasteiger partial charge in [0, 0.05) is 25.7 Å². The van der Waals surface area contributed by atoms with Crippen molar-refractivity contribution in [2.45, 2.75) is 63.6 Å². The second-order valence-corrected chi connectivity index (χ2v) is 5.92. The minimum atomic E-state index is 0.355. The summed E-state index contributed by atoms with van der Waals surface area (Å²) in [6.45, 7) is 4.67. The van der Waals surface area contributed by atoms with Crippen molar-refractivity contribution in [1.82, 2.24) is 4.90 Å². The third-order valence-electron chi connectivity index (χ3n) is 4.73. The molecule has 2 atom stereocenters. The van der Waals surface area contributed by atoms with Crippen LogP contribution >= 0.6 is 0 Å². The summed E-state index contributed by atoms with van der Waals surface area (Å²) < 4.78 is 5.45. The number of nitrogens with two attached hydrogens (primary N) is 1. The van der Waals surface area contributed by atoms with Crippen molar-refractivity contribution in [2.75, 3.05) is 20.2 Å². The highest BCUT2D eigenvalue weighted by Gasteiger charge is 2.30. The third-order valence-corrected chi connectivity index (χ3v) is 4.73. The van der Waals surface area contributed by atoms with Crippen LogP contribution in [-0.4, -0.2) is 43.3 Å². The smallest absolute Gasteiger partial charge is 0.0572 e. The van der Waals surface area contributed by atoms with E-state index in [1.54, 1.807) is 0 Å². The first-order valence-electron chi connectivity index (χ1n) is 7.23. The average molecular weight is 240 g/mol. The highest BCUT2D eigenvalue weighted by molar-refractivity contribution is 4.85. The lowest BCUT2D eigenvalue weighted by Gasteiger charge is -2.42. The Morgan fingerprint density at radius 3 is 2.47 bits per heavy atom. The van der Waals surface area contributed by atoms with E-state index in [1.807, 2.05) is 7.11 Å². The predicted octanol–water partition coefficient (Wildman–Crippen LogP) is 2.00. The molecule has 2 unspecified atom stereocenters. The molecule has 1 saturated heterocycles. The average Bonchev–Trinajstić information content (AvgIpc) is 2.39. The fourth-order valence-corrected chi connectivity index (χ4v) is 3.45. The fourth-order valence-electron chi connectivity index (χ4n) is 3.45. The first-order valence-corrected chi connectivity index (χ1v) is 7.23. The standard InChI is InChI=1S/C14H28N2O/c1-11(15)12-4-3-9-16(10-12)13-5-7-14(17-2)8-6-13/h11-14H,3-10,15H2,1-2H3. The number of hydrogen-bond donors (Lipinski definition) is 1. The number of methoxy groups -OCH3 is 1. The van der Waals surface area contributed by atoms with Crippen LogP contribution in [0, 0.1) is 5.92 Å². The molecule has 3 nitrogen and oxygen atoms in total. The van der Waals surface area contributed by atoms with Gasteiger partial charge in [0.15, 0.2) is 0 Å². The van der Waals surface area contributed by atoms with E-state index in [4.69, 9.17) is 10.5 Å². The minimum absolute atomic E-state index is 0.355. The summed E-state index contributed by atoms with van der Waals surface area (Å²) in [5, 5.41) is 0. The molecule has 100 valence electrons. The van der Waals surface area contributed by atoms with Crippen LogP contribution in [0.2, 0.25) is 0 Å². The second-order valence-electron chi connectivity index (χ2n) is 5.92. The number of piperidine rings is 1. The SMILES string of the molecule is COC1CCC(N2CCCC(C(C)N)C2)CC1. The molecule has 0 aromatic carbocycles. The lowest BCUT2D eigenvalue weighted by atomic mass is 9.87. The van der Waals surface area contributed by atoms with E-state index in [2.05, 4.69) is 11.8 Å². The Balaban J connectivity index is 1.82. The largest absolute Gasteiger partial charge is 0.381 e. The van der Waals surface area contributed by atoms with Crippen molar-refractivity contribution in [1.29, 1.82) is 0 Å². The van der Waals surface area contributed by atoms with Crippen molar-refractivity contribution in [3.63, 3.8) is 0 Å². The topological polar surface area (TPSA) is 38.5 Å². The van der Waals surface area contributed by atoms with E-state index < -0.39 is 0 Å². The Hall–Kier alpha value is -0.120. The lowest BCUT2D eigenvalue weighted by Crippen LogP contribution is -2.48. The summed E-state index contributed by atoms with van der Waals surface area (Å²) in [7, 11) is 1.85. The van der Waals surface area contributed by atoms with Gasteiger partial charge >= 0.3 is 0 Å². The molecule has 0 aromatic heterocycles. The Morgan fingerprint density at radius 1 is 1.18 bits per heavy atom. The van der Waals surface area contributed by atoms with Gasteiger partial charge < -0.3 is 15.4 Å². The van der Waals surface area contributed by atoms with Crippen molar-refractivity contribution < 1.29 is 4.74 Å². The quantitative estimate of drug-likeness (QED) is 0.820. The minimum Gasteiger partial charge on any atom is -0.381 e. The zero-order valence-electron chi connectivity index (χ0n) is 11.4. The van der Waals surface area contributed by atoms with E-state index in [1.165, 1.54) is 51.6 Å². The van der Waals surface area contributed by atoms with Gasteiger partial charge in [-0.25, -0.2) is 0 Å². The highest BCUT2D eigenvalue weighted by Crippen LogP contribution is 2.28. The molecule has 0 aromatic rings. The van der Waals surface area contributed by atoms with Gasteiger partial charge in [-0.1, -0.05) is 0 Å². The maximum Gasteiger partial charge on any atom is 0.0572 e. The van der Waals surface area contributed by atoms with Crippen molar-refractivity contribution in [2.24, 2.45) is 11.7 Å². The Kier molecular flexibility index (Phi) is 4.83. The molecule has 0 spiro atoms.